The Bertz CT molecular complexity index is 1370. The number of imidazole rings is 1. The highest BCUT2D eigenvalue weighted by atomic mass is 28.4. The van der Waals surface area contributed by atoms with Gasteiger partial charge in [-0.15, -0.1) is 0 Å². The molecule has 8 nitrogen and oxygen atoms in total. The number of H-pyrrole nitrogens is 1. The van der Waals surface area contributed by atoms with Crippen LogP contribution in [0.3, 0.4) is 0 Å². The molecule has 1 N–H and O–H groups in total. The molecule has 3 fully saturated rings. The Morgan fingerprint density at radius 1 is 1.03 bits per heavy atom. The van der Waals surface area contributed by atoms with Crippen molar-refractivity contribution in [3.05, 3.63) is 36.0 Å². The van der Waals surface area contributed by atoms with Gasteiger partial charge < -0.3 is 19.2 Å². The van der Waals surface area contributed by atoms with Crippen LogP contribution in [0.15, 0.2) is 30.3 Å². The monoisotopic (exact) mass is 546 g/mol. The van der Waals surface area contributed by atoms with Gasteiger partial charge in [0.15, 0.2) is 19.8 Å². The normalized spacial score (nSPS) is 21.5. The highest BCUT2D eigenvalue weighted by Gasteiger charge is 2.53. The first-order chi connectivity index (χ1) is 18.5. The van der Waals surface area contributed by atoms with Gasteiger partial charge in [-0.2, -0.15) is 0 Å². The van der Waals surface area contributed by atoms with Gasteiger partial charge in [-0.1, -0.05) is 26.8 Å². The average molecular weight is 547 g/mol. The maximum atomic E-state index is 13.0. The Kier molecular flexibility index (Phi) is 6.57. The zero-order valence-corrected chi connectivity index (χ0v) is 25.1. The number of aromatic amines is 1. The van der Waals surface area contributed by atoms with Crippen molar-refractivity contribution in [2.24, 2.45) is 5.92 Å². The predicted octanol–water partition coefficient (Wildman–Crippen LogP) is 5.87. The van der Waals surface area contributed by atoms with E-state index in [9.17, 15) is 4.79 Å². The minimum Gasteiger partial charge on any atom is -0.406 e. The zero-order chi connectivity index (χ0) is 27.4. The van der Waals surface area contributed by atoms with Gasteiger partial charge in [0.05, 0.1) is 17.2 Å². The van der Waals surface area contributed by atoms with Crippen molar-refractivity contribution in [2.45, 2.75) is 83.0 Å². The van der Waals surface area contributed by atoms with E-state index >= 15 is 0 Å². The first-order valence-electron chi connectivity index (χ1n) is 14.6. The van der Waals surface area contributed by atoms with Gasteiger partial charge in [0.25, 0.3) is 0 Å². The molecule has 0 radical (unpaired) electrons. The van der Waals surface area contributed by atoms with E-state index in [0.717, 1.165) is 98.9 Å². The van der Waals surface area contributed by atoms with Crippen molar-refractivity contribution in [3.63, 3.8) is 0 Å². The van der Waals surface area contributed by atoms with Crippen LogP contribution in [0.5, 0.6) is 0 Å². The molecule has 1 atom stereocenters. The molecule has 39 heavy (non-hydrogen) atoms. The molecular weight excluding hydrogens is 504 g/mol. The van der Waals surface area contributed by atoms with Crippen LogP contribution in [0.4, 0.5) is 5.82 Å². The van der Waals surface area contributed by atoms with E-state index in [0.29, 0.717) is 5.91 Å². The van der Waals surface area contributed by atoms with Gasteiger partial charge in [0.1, 0.15) is 17.0 Å². The van der Waals surface area contributed by atoms with Crippen LogP contribution in [0.25, 0.3) is 22.7 Å². The Morgan fingerprint density at radius 2 is 1.79 bits per heavy atom. The molecule has 0 aromatic carbocycles. The fourth-order valence-corrected chi connectivity index (χ4v) is 7.34. The number of pyridine rings is 2. The summed E-state index contributed by atoms with van der Waals surface area (Å²) in [6, 6.07) is 10.2. The molecule has 1 aliphatic carbocycles. The molecule has 0 bridgehead atoms. The number of likely N-dealkylation sites (tertiary alicyclic amines) is 1. The van der Waals surface area contributed by atoms with Gasteiger partial charge in [-0.3, -0.25) is 4.79 Å². The Morgan fingerprint density at radius 3 is 2.51 bits per heavy atom. The van der Waals surface area contributed by atoms with Gasteiger partial charge in [0, 0.05) is 26.2 Å². The molecule has 0 spiro atoms. The second-order valence-electron chi connectivity index (χ2n) is 13.2. The SMILES string of the molecule is CC(C)(C)[Si](C)(C)OC1(c2cccc(-c3nc4ccc(N5CCCC(C(=O)N6CCCC6)C5)nc4[nH]3)n2)CC1. The maximum absolute atomic E-state index is 13.0. The second kappa shape index (κ2) is 9.69. The standard InChI is InChI=1S/C30H42N6O2Si/c1-29(2,3)39(4,5)38-30(15-16-30)24-12-8-11-22(31-24)26-32-23-13-14-25(33-27(23)34-26)36-19-9-10-21(20-36)28(37)35-17-6-7-18-35/h8,11-14,21H,6-7,9-10,15-20H2,1-5H3,(H,32,33,34). The van der Waals surface area contributed by atoms with Gasteiger partial charge in [0.2, 0.25) is 5.91 Å². The van der Waals surface area contributed by atoms with Gasteiger partial charge >= 0.3 is 0 Å². The number of carbonyl (C=O) groups is 1. The van der Waals surface area contributed by atoms with E-state index in [1.165, 1.54) is 0 Å². The first kappa shape index (κ1) is 26.4. The van der Waals surface area contributed by atoms with E-state index in [-0.39, 0.29) is 16.6 Å². The van der Waals surface area contributed by atoms with Crippen molar-refractivity contribution in [2.75, 3.05) is 31.1 Å². The molecule has 208 valence electrons. The van der Waals surface area contributed by atoms with E-state index < -0.39 is 8.32 Å². The predicted molar refractivity (Wildman–Crippen MR) is 157 cm³/mol. The lowest BCUT2D eigenvalue weighted by Crippen LogP contribution is -2.44. The van der Waals surface area contributed by atoms with Crippen LogP contribution < -0.4 is 4.90 Å². The van der Waals surface area contributed by atoms with Gasteiger partial charge in [-0.05, 0) is 80.9 Å². The molecule has 1 amide bonds. The minimum absolute atomic E-state index is 0.0573. The van der Waals surface area contributed by atoms with Crippen LogP contribution in [0.1, 0.15) is 65.0 Å². The highest BCUT2D eigenvalue weighted by molar-refractivity contribution is 6.74. The van der Waals surface area contributed by atoms with Crippen molar-refractivity contribution in [1.82, 2.24) is 24.8 Å². The second-order valence-corrected chi connectivity index (χ2v) is 17.9. The van der Waals surface area contributed by atoms with Gasteiger partial charge in [-0.25, -0.2) is 15.0 Å². The molecule has 3 aliphatic rings. The van der Waals surface area contributed by atoms with Crippen LogP contribution in [0.2, 0.25) is 18.1 Å². The molecule has 6 rings (SSSR count). The first-order valence-corrected chi connectivity index (χ1v) is 17.5. The molecule has 3 aromatic heterocycles. The summed E-state index contributed by atoms with van der Waals surface area (Å²) in [6.07, 6.45) is 6.25. The Hall–Kier alpha value is -2.78. The summed E-state index contributed by atoms with van der Waals surface area (Å²) < 4.78 is 6.88. The van der Waals surface area contributed by atoms with Crippen molar-refractivity contribution in [3.8, 4) is 11.5 Å². The molecule has 9 heteroatoms. The summed E-state index contributed by atoms with van der Waals surface area (Å²) in [5.41, 5.74) is 3.11. The number of rotatable bonds is 6. The molecule has 1 saturated carbocycles. The molecular formula is C30H42N6O2Si. The largest absolute Gasteiger partial charge is 0.406 e. The highest BCUT2D eigenvalue weighted by Crippen LogP contribution is 2.53. The number of hydrogen-bond acceptors (Lipinski definition) is 6. The number of hydrogen-bond donors (Lipinski definition) is 1. The number of fused-ring (bicyclic) bond motifs is 1. The number of nitrogens with zero attached hydrogens (tertiary/aromatic N) is 5. The van der Waals surface area contributed by atoms with Crippen LogP contribution >= 0.6 is 0 Å². The number of aromatic nitrogens is 4. The fraction of sp³-hybridized carbons (Fsp3) is 0.600. The van der Waals surface area contributed by atoms with E-state index in [1.807, 2.05) is 18.2 Å². The lowest BCUT2D eigenvalue weighted by molar-refractivity contribution is -0.134. The lowest BCUT2D eigenvalue weighted by atomic mass is 9.96. The number of piperidine rings is 1. The third kappa shape index (κ3) is 5.11. The topological polar surface area (TPSA) is 87.2 Å². The van der Waals surface area contributed by atoms with Crippen LogP contribution in [0, 0.1) is 5.92 Å². The summed E-state index contributed by atoms with van der Waals surface area (Å²) in [4.78, 5) is 35.6. The summed E-state index contributed by atoms with van der Waals surface area (Å²) in [7, 11) is -1.93. The Balaban J connectivity index is 1.21. The third-order valence-electron chi connectivity index (χ3n) is 9.26. The molecule has 2 aliphatic heterocycles. The van der Waals surface area contributed by atoms with Crippen LogP contribution in [-0.2, 0) is 14.8 Å². The number of anilines is 1. The lowest BCUT2D eigenvalue weighted by Gasteiger charge is -2.39. The van der Waals surface area contributed by atoms with Crippen molar-refractivity contribution in [1.29, 1.82) is 0 Å². The number of carbonyl (C=O) groups excluding carboxylic acids is 1. The average Bonchev–Trinajstić information content (AvgIpc) is 3.30. The van der Waals surface area contributed by atoms with Crippen LogP contribution in [-0.4, -0.2) is 65.2 Å². The number of amides is 1. The summed E-state index contributed by atoms with van der Waals surface area (Å²) in [6.45, 7) is 14.9. The van der Waals surface area contributed by atoms with E-state index in [4.69, 9.17) is 19.4 Å². The summed E-state index contributed by atoms with van der Waals surface area (Å²) in [5.74, 6) is 2.00. The molecule has 2 saturated heterocycles. The quantitative estimate of drug-likeness (QED) is 0.389. The van der Waals surface area contributed by atoms with Crippen molar-refractivity contribution >= 4 is 31.2 Å². The third-order valence-corrected chi connectivity index (χ3v) is 13.8. The smallest absolute Gasteiger partial charge is 0.227 e. The summed E-state index contributed by atoms with van der Waals surface area (Å²) in [5, 5.41) is 0.151. The number of nitrogens with one attached hydrogen (secondary N) is 1. The van der Waals surface area contributed by atoms with E-state index in [1.54, 1.807) is 0 Å². The summed E-state index contributed by atoms with van der Waals surface area (Å²) >= 11 is 0. The van der Waals surface area contributed by atoms with E-state index in [2.05, 4.69) is 60.8 Å². The van der Waals surface area contributed by atoms with Crippen molar-refractivity contribution < 1.29 is 9.22 Å². The molecule has 3 aromatic rings. The maximum Gasteiger partial charge on any atom is 0.227 e. The minimum atomic E-state index is -1.93. The Labute approximate surface area is 232 Å². The zero-order valence-electron chi connectivity index (χ0n) is 24.1. The molecule has 1 unspecified atom stereocenters. The molecule has 5 heterocycles. The fourth-order valence-electron chi connectivity index (χ4n) is 5.75.